The molecule has 0 fully saturated rings. The van der Waals surface area contributed by atoms with Gasteiger partial charge in [0.25, 0.3) is 0 Å². The number of aromatic nitrogens is 3. The zero-order valence-corrected chi connectivity index (χ0v) is 13.6. The molecule has 0 radical (unpaired) electrons. The molecule has 4 nitrogen and oxygen atoms in total. The molecule has 110 valence electrons. The third-order valence-corrected chi connectivity index (χ3v) is 3.22. The van der Waals surface area contributed by atoms with Crippen molar-refractivity contribution in [1.82, 2.24) is 15.0 Å². The van der Waals surface area contributed by atoms with Crippen LogP contribution in [0.1, 0.15) is 32.7 Å². The van der Waals surface area contributed by atoms with E-state index in [0.29, 0.717) is 11.5 Å². The molecule has 8 heteroatoms. The molecular formula is C13H10Cl4N4. The lowest BCUT2D eigenvalue weighted by Gasteiger charge is -2.05. The van der Waals surface area contributed by atoms with Crippen LogP contribution in [0.15, 0.2) is 24.3 Å². The Bertz CT molecular complexity index is 615. The summed E-state index contributed by atoms with van der Waals surface area (Å²) in [5.41, 5.74) is 7.25. The van der Waals surface area contributed by atoms with Gasteiger partial charge in [0.05, 0.1) is 0 Å². The summed E-state index contributed by atoms with van der Waals surface area (Å²) in [6.07, 6.45) is 3.50. The van der Waals surface area contributed by atoms with Gasteiger partial charge in [-0.2, -0.15) is 0 Å². The Hall–Kier alpha value is -1.07. The van der Waals surface area contributed by atoms with Gasteiger partial charge in [0, 0.05) is 5.69 Å². The van der Waals surface area contributed by atoms with Crippen LogP contribution in [-0.2, 0) is 0 Å². The molecule has 0 saturated heterocycles. The molecule has 1 heterocycles. The Balaban J connectivity index is 2.32. The lowest BCUT2D eigenvalue weighted by Crippen LogP contribution is -2.05. The maximum absolute atomic E-state index is 5.77. The molecule has 0 amide bonds. The number of rotatable bonds is 4. The first kappa shape index (κ1) is 16.3. The molecule has 0 saturated carbocycles. The van der Waals surface area contributed by atoms with Crippen molar-refractivity contribution in [2.24, 2.45) is 0 Å². The summed E-state index contributed by atoms with van der Waals surface area (Å²) < 4.78 is 0. The highest BCUT2D eigenvalue weighted by molar-refractivity contribution is 6.44. The van der Waals surface area contributed by atoms with Crippen LogP contribution in [0.5, 0.6) is 0 Å². The average Bonchev–Trinajstić information content (AvgIpc) is 2.46. The van der Waals surface area contributed by atoms with Crippen LogP contribution in [0.25, 0.3) is 12.2 Å². The van der Waals surface area contributed by atoms with Crippen LogP contribution in [0.2, 0.25) is 0 Å². The van der Waals surface area contributed by atoms with Crippen molar-refractivity contribution >= 4 is 64.2 Å². The normalized spacial score (nSPS) is 11.7. The molecule has 2 rings (SSSR count). The number of alkyl halides is 4. The van der Waals surface area contributed by atoms with Crippen molar-refractivity contribution in [3.05, 3.63) is 47.3 Å². The number of nitrogens with two attached hydrogens (primary N) is 1. The van der Waals surface area contributed by atoms with E-state index in [4.69, 9.17) is 52.1 Å². The molecule has 2 N–H and O–H groups in total. The van der Waals surface area contributed by atoms with Crippen LogP contribution < -0.4 is 5.73 Å². The lowest BCUT2D eigenvalue weighted by atomic mass is 10.2. The number of anilines is 1. The van der Waals surface area contributed by atoms with Crippen LogP contribution in [0.4, 0.5) is 5.69 Å². The van der Waals surface area contributed by atoms with E-state index in [0.717, 1.165) is 5.56 Å². The average molecular weight is 364 g/mol. The SMILES string of the molecule is Nc1ccc(/C=C/c2nc(C(Cl)Cl)nc(C(Cl)Cl)n2)cc1. The van der Waals surface area contributed by atoms with E-state index < -0.39 is 9.67 Å². The van der Waals surface area contributed by atoms with Crippen molar-refractivity contribution in [3.63, 3.8) is 0 Å². The van der Waals surface area contributed by atoms with E-state index in [-0.39, 0.29) is 11.6 Å². The molecule has 0 aliphatic carbocycles. The molecule has 2 aromatic rings. The van der Waals surface area contributed by atoms with Crippen molar-refractivity contribution in [3.8, 4) is 0 Å². The second kappa shape index (κ2) is 7.27. The highest BCUT2D eigenvalue weighted by Gasteiger charge is 2.15. The molecule has 21 heavy (non-hydrogen) atoms. The molecule has 0 spiro atoms. The summed E-state index contributed by atoms with van der Waals surface area (Å²) in [5.74, 6) is 0.766. The van der Waals surface area contributed by atoms with Gasteiger partial charge in [-0.05, 0) is 23.8 Å². The second-order valence-electron chi connectivity index (χ2n) is 4.01. The van der Waals surface area contributed by atoms with E-state index in [1.807, 2.05) is 18.2 Å². The Morgan fingerprint density at radius 2 is 1.33 bits per heavy atom. The van der Waals surface area contributed by atoms with Gasteiger partial charge in [-0.3, -0.25) is 0 Å². The van der Waals surface area contributed by atoms with Gasteiger partial charge in [0.2, 0.25) is 0 Å². The first-order chi connectivity index (χ1) is 9.95. The summed E-state index contributed by atoms with van der Waals surface area (Å²) in [4.78, 5) is 10.5. The summed E-state index contributed by atoms with van der Waals surface area (Å²) in [7, 11) is 0. The van der Waals surface area contributed by atoms with E-state index in [9.17, 15) is 0 Å². The summed E-state index contributed by atoms with van der Waals surface area (Å²) >= 11 is 23.1. The molecular weight excluding hydrogens is 354 g/mol. The Morgan fingerprint density at radius 3 is 1.81 bits per heavy atom. The third kappa shape index (κ3) is 4.71. The number of benzene rings is 1. The van der Waals surface area contributed by atoms with Gasteiger partial charge in [-0.1, -0.05) is 64.6 Å². The second-order valence-corrected chi connectivity index (χ2v) is 6.20. The minimum atomic E-state index is -0.887. The van der Waals surface area contributed by atoms with Crippen LogP contribution in [-0.4, -0.2) is 15.0 Å². The van der Waals surface area contributed by atoms with Crippen LogP contribution in [0.3, 0.4) is 0 Å². The summed E-state index contributed by atoms with van der Waals surface area (Å²) in [6, 6.07) is 7.33. The quantitative estimate of drug-likeness (QED) is 0.637. The minimum Gasteiger partial charge on any atom is -0.399 e. The first-order valence-electron chi connectivity index (χ1n) is 5.81. The Morgan fingerprint density at radius 1 is 0.810 bits per heavy atom. The lowest BCUT2D eigenvalue weighted by molar-refractivity contribution is 0.871. The van der Waals surface area contributed by atoms with E-state index >= 15 is 0 Å². The summed E-state index contributed by atoms with van der Waals surface area (Å²) in [6.45, 7) is 0. The number of hydrogen-bond acceptors (Lipinski definition) is 4. The van der Waals surface area contributed by atoms with Crippen molar-refractivity contribution < 1.29 is 0 Å². The Labute approximate surface area is 141 Å². The third-order valence-electron chi connectivity index (χ3n) is 2.44. The largest absolute Gasteiger partial charge is 0.399 e. The van der Waals surface area contributed by atoms with Gasteiger partial charge >= 0.3 is 0 Å². The molecule has 0 atom stereocenters. The fraction of sp³-hybridized carbons (Fsp3) is 0.154. The van der Waals surface area contributed by atoms with Crippen molar-refractivity contribution in [2.75, 3.05) is 5.73 Å². The highest BCUT2D eigenvalue weighted by atomic mass is 35.5. The zero-order chi connectivity index (χ0) is 15.4. The number of halogens is 4. The van der Waals surface area contributed by atoms with Crippen LogP contribution in [0, 0.1) is 0 Å². The highest BCUT2D eigenvalue weighted by Crippen LogP contribution is 2.26. The fourth-order valence-electron chi connectivity index (χ4n) is 1.47. The topological polar surface area (TPSA) is 64.7 Å². The fourth-order valence-corrected chi connectivity index (χ4v) is 1.87. The van der Waals surface area contributed by atoms with Crippen molar-refractivity contribution in [2.45, 2.75) is 9.67 Å². The van der Waals surface area contributed by atoms with Gasteiger partial charge in [0.15, 0.2) is 27.1 Å². The minimum absolute atomic E-state index is 0.201. The maximum atomic E-state index is 5.77. The molecule has 0 bridgehead atoms. The van der Waals surface area contributed by atoms with E-state index in [1.54, 1.807) is 18.2 Å². The number of nitrogens with zero attached hydrogens (tertiary/aromatic N) is 3. The maximum Gasteiger partial charge on any atom is 0.167 e. The molecule has 1 aromatic heterocycles. The first-order valence-corrected chi connectivity index (χ1v) is 7.56. The van der Waals surface area contributed by atoms with Gasteiger partial charge < -0.3 is 5.73 Å². The monoisotopic (exact) mass is 362 g/mol. The zero-order valence-electron chi connectivity index (χ0n) is 10.5. The van der Waals surface area contributed by atoms with E-state index in [2.05, 4.69) is 15.0 Å². The predicted octanol–water partition coefficient (Wildman–Crippen LogP) is 4.58. The van der Waals surface area contributed by atoms with Crippen LogP contribution >= 0.6 is 46.4 Å². The van der Waals surface area contributed by atoms with E-state index in [1.165, 1.54) is 0 Å². The van der Waals surface area contributed by atoms with Crippen molar-refractivity contribution in [1.29, 1.82) is 0 Å². The Kier molecular flexibility index (Phi) is 5.65. The summed E-state index contributed by atoms with van der Waals surface area (Å²) in [5, 5.41) is 0. The van der Waals surface area contributed by atoms with Gasteiger partial charge in [-0.15, -0.1) is 0 Å². The molecule has 0 aliphatic heterocycles. The molecule has 0 aliphatic rings. The van der Waals surface area contributed by atoms with Gasteiger partial charge in [-0.25, -0.2) is 15.0 Å². The predicted molar refractivity (Wildman–Crippen MR) is 88.5 cm³/mol. The smallest absolute Gasteiger partial charge is 0.167 e. The molecule has 0 unspecified atom stereocenters. The standard InChI is InChI=1S/C13H10Cl4N4/c14-10(15)12-19-9(20-13(21-12)11(16)17)6-3-7-1-4-8(18)5-2-7/h1-6,10-11H,18H2/b6-3+. The number of nitrogen functional groups attached to an aromatic ring is 1. The molecule has 1 aromatic carbocycles. The number of hydrogen-bond donors (Lipinski definition) is 1. The van der Waals surface area contributed by atoms with Gasteiger partial charge in [0.1, 0.15) is 0 Å².